The van der Waals surface area contributed by atoms with Crippen LogP contribution in [0.5, 0.6) is 17.2 Å². The highest BCUT2D eigenvalue weighted by atomic mass is 28.3. The van der Waals surface area contributed by atoms with Crippen molar-refractivity contribution in [1.29, 1.82) is 0 Å². The third-order valence-corrected chi connectivity index (χ3v) is 12.6. The Morgan fingerprint density at radius 1 is 0.660 bits per heavy atom. The van der Waals surface area contributed by atoms with E-state index >= 15 is 0 Å². The Labute approximate surface area is 283 Å². The molecule has 0 aliphatic rings. The summed E-state index contributed by atoms with van der Waals surface area (Å²) in [5.74, 6) is 1.49. The first-order chi connectivity index (χ1) is 22.1. The molecule has 3 rings (SSSR count). The van der Waals surface area contributed by atoms with Gasteiger partial charge in [0.1, 0.15) is 22.8 Å². The van der Waals surface area contributed by atoms with Crippen LogP contribution in [0.15, 0.2) is 45.6 Å². The summed E-state index contributed by atoms with van der Waals surface area (Å²) in [5, 5.41) is 10.7. The highest BCUT2D eigenvalue weighted by Crippen LogP contribution is 2.37. The van der Waals surface area contributed by atoms with Crippen molar-refractivity contribution >= 4 is 35.2 Å². The second-order valence-corrected chi connectivity index (χ2v) is 32.3. The van der Waals surface area contributed by atoms with E-state index in [9.17, 15) is 9.90 Å². The minimum absolute atomic E-state index is 0.0165. The number of hydrogen-bond donors (Lipinski definition) is 1. The molecule has 3 aromatic rings. The quantitative estimate of drug-likeness (QED) is 0.0510. The van der Waals surface area contributed by atoms with Crippen LogP contribution < -0.4 is 19.8 Å². The Balaban J connectivity index is 1.88. The predicted molar refractivity (Wildman–Crippen MR) is 198 cm³/mol. The van der Waals surface area contributed by atoms with Gasteiger partial charge >= 0.3 is 5.63 Å². The van der Waals surface area contributed by atoms with Gasteiger partial charge < -0.3 is 37.9 Å². The summed E-state index contributed by atoms with van der Waals surface area (Å²) >= 11 is 0. The first kappa shape index (κ1) is 39.0. The molecule has 0 radical (unpaired) electrons. The predicted octanol–water partition coefficient (Wildman–Crippen LogP) is 8.07. The molecular weight excluding hydrogens is 649 g/mol. The van der Waals surface area contributed by atoms with Crippen LogP contribution in [0.4, 0.5) is 0 Å². The molecule has 2 aromatic carbocycles. The molecule has 12 heteroatoms. The van der Waals surface area contributed by atoms with Gasteiger partial charge in [0.2, 0.25) is 0 Å². The van der Waals surface area contributed by atoms with Crippen LogP contribution in [0, 0.1) is 0 Å². The lowest BCUT2D eigenvalue weighted by molar-refractivity contribution is 0.0180. The van der Waals surface area contributed by atoms with Gasteiger partial charge in [-0.05, 0) is 54.4 Å². The minimum atomic E-state index is -1.27. The van der Waals surface area contributed by atoms with Crippen molar-refractivity contribution in [3.8, 4) is 28.4 Å². The van der Waals surface area contributed by atoms with Crippen LogP contribution in [0.1, 0.15) is 5.56 Å². The minimum Gasteiger partial charge on any atom is -0.467 e. The standard InChI is InChI=1S/C35H56O9Si3/c1-45(2,3)19-16-38-24-41-27-11-13-31(32(22-27)43-26-40-18-21-47(7,8)9)34-30(14-15-36)29-12-10-28(23-33(29)44-35(34)37)42-25-39-17-20-46(4,5)6/h10-13,22-23,36H,14-21,24-26H2,1-9H3. The van der Waals surface area contributed by atoms with E-state index in [0.29, 0.717) is 64.7 Å². The van der Waals surface area contributed by atoms with Crippen LogP contribution in [0.3, 0.4) is 0 Å². The number of ether oxygens (including phenoxy) is 6. The Morgan fingerprint density at radius 2 is 1.15 bits per heavy atom. The molecule has 0 aliphatic carbocycles. The van der Waals surface area contributed by atoms with Gasteiger partial charge in [-0.25, -0.2) is 4.79 Å². The monoisotopic (exact) mass is 704 g/mol. The van der Waals surface area contributed by atoms with Gasteiger partial charge in [0.05, 0.1) is 5.56 Å². The van der Waals surface area contributed by atoms with Crippen molar-refractivity contribution < 1.29 is 37.9 Å². The molecular formula is C35H56O9Si3. The molecule has 0 amide bonds. The first-order valence-electron chi connectivity index (χ1n) is 16.5. The molecule has 0 atom stereocenters. The molecule has 0 bridgehead atoms. The molecule has 1 N–H and O–H groups in total. The Bertz CT molecular complexity index is 1470. The van der Waals surface area contributed by atoms with Crippen LogP contribution >= 0.6 is 0 Å². The summed E-state index contributed by atoms with van der Waals surface area (Å²) < 4.78 is 40.9. The molecule has 1 heterocycles. The number of hydrogen-bond acceptors (Lipinski definition) is 9. The van der Waals surface area contributed by atoms with Crippen molar-refractivity contribution in [2.75, 3.05) is 46.8 Å². The van der Waals surface area contributed by atoms with Gasteiger partial charge in [-0.2, -0.15) is 0 Å². The fourth-order valence-corrected chi connectivity index (χ4v) is 6.80. The van der Waals surface area contributed by atoms with E-state index in [1.165, 1.54) is 0 Å². The molecule has 0 spiro atoms. The summed E-state index contributed by atoms with van der Waals surface area (Å²) in [6, 6.07) is 13.8. The van der Waals surface area contributed by atoms with E-state index in [2.05, 4.69) is 58.9 Å². The molecule has 0 saturated carbocycles. The Kier molecular flexibility index (Phi) is 14.8. The summed E-state index contributed by atoms with van der Waals surface area (Å²) in [4.78, 5) is 13.6. The van der Waals surface area contributed by atoms with Crippen molar-refractivity contribution in [2.45, 2.75) is 83.5 Å². The van der Waals surface area contributed by atoms with Crippen LogP contribution in [-0.2, 0) is 20.6 Å². The van der Waals surface area contributed by atoms with Crippen molar-refractivity contribution in [3.63, 3.8) is 0 Å². The highest BCUT2D eigenvalue weighted by Gasteiger charge is 2.21. The number of fused-ring (bicyclic) bond motifs is 1. The zero-order valence-electron chi connectivity index (χ0n) is 30.0. The molecule has 0 unspecified atom stereocenters. The fourth-order valence-electron chi connectivity index (χ4n) is 4.53. The van der Waals surface area contributed by atoms with Crippen LogP contribution in [0.2, 0.25) is 77.1 Å². The first-order valence-corrected chi connectivity index (χ1v) is 27.7. The van der Waals surface area contributed by atoms with Crippen LogP contribution in [-0.4, -0.2) is 76.1 Å². The normalized spacial score (nSPS) is 12.5. The summed E-state index contributed by atoms with van der Waals surface area (Å²) in [7, 11) is -3.67. The lowest BCUT2D eigenvalue weighted by atomic mass is 9.95. The maximum atomic E-state index is 13.6. The summed E-state index contributed by atoms with van der Waals surface area (Å²) in [5.41, 5.74) is 1.34. The lowest BCUT2D eigenvalue weighted by Gasteiger charge is -2.18. The van der Waals surface area contributed by atoms with Gasteiger partial charge in [0.25, 0.3) is 0 Å². The number of aliphatic hydroxyl groups is 1. The lowest BCUT2D eigenvalue weighted by Crippen LogP contribution is -2.22. The Morgan fingerprint density at radius 3 is 1.66 bits per heavy atom. The van der Waals surface area contributed by atoms with Crippen molar-refractivity contribution in [2.24, 2.45) is 0 Å². The number of benzene rings is 2. The van der Waals surface area contributed by atoms with E-state index in [-0.39, 0.29) is 33.4 Å². The maximum absolute atomic E-state index is 13.6. The third-order valence-electron chi connectivity index (χ3n) is 7.48. The smallest absolute Gasteiger partial charge is 0.344 e. The zero-order chi connectivity index (χ0) is 34.7. The topological polar surface area (TPSA) is 106 Å². The second-order valence-electron chi connectivity index (χ2n) is 15.5. The largest absolute Gasteiger partial charge is 0.467 e. The maximum Gasteiger partial charge on any atom is 0.344 e. The van der Waals surface area contributed by atoms with Gasteiger partial charge in [0, 0.05) is 73.7 Å². The van der Waals surface area contributed by atoms with Crippen LogP contribution in [0.25, 0.3) is 22.1 Å². The van der Waals surface area contributed by atoms with Crippen molar-refractivity contribution in [1.82, 2.24) is 0 Å². The van der Waals surface area contributed by atoms with Gasteiger partial charge in [-0.15, -0.1) is 0 Å². The Hall–Kier alpha value is -2.46. The highest BCUT2D eigenvalue weighted by molar-refractivity contribution is 6.76. The van der Waals surface area contributed by atoms with E-state index in [1.54, 1.807) is 24.3 Å². The number of aliphatic hydroxyl groups excluding tert-OH is 1. The van der Waals surface area contributed by atoms with Gasteiger partial charge in [-0.1, -0.05) is 58.9 Å². The molecule has 0 aliphatic heterocycles. The van der Waals surface area contributed by atoms with Crippen molar-refractivity contribution in [3.05, 3.63) is 52.4 Å². The SMILES string of the molecule is C[Si](C)(C)CCOCOc1ccc(-c2c(CCO)c3ccc(OCOCC[Si](C)(C)C)cc3oc2=O)c(OCOCC[Si](C)(C)C)c1. The molecule has 0 saturated heterocycles. The summed E-state index contributed by atoms with van der Waals surface area (Å²) in [6.45, 7) is 22.7. The fraction of sp³-hybridized carbons (Fsp3) is 0.571. The van der Waals surface area contributed by atoms with E-state index < -0.39 is 29.8 Å². The second kappa shape index (κ2) is 17.8. The average molecular weight is 705 g/mol. The van der Waals surface area contributed by atoms with Gasteiger partial charge in [0.15, 0.2) is 20.4 Å². The number of rotatable bonds is 21. The third kappa shape index (κ3) is 13.9. The molecule has 262 valence electrons. The zero-order valence-corrected chi connectivity index (χ0v) is 33.0. The molecule has 47 heavy (non-hydrogen) atoms. The van der Waals surface area contributed by atoms with Gasteiger partial charge in [-0.3, -0.25) is 0 Å². The molecule has 0 fully saturated rings. The van der Waals surface area contributed by atoms with E-state index in [4.69, 9.17) is 32.8 Å². The molecule has 9 nitrogen and oxygen atoms in total. The summed E-state index contributed by atoms with van der Waals surface area (Å²) in [6.07, 6.45) is 0.243. The van der Waals surface area contributed by atoms with E-state index in [1.807, 2.05) is 12.1 Å². The molecule has 1 aromatic heterocycles. The van der Waals surface area contributed by atoms with E-state index in [0.717, 1.165) is 18.1 Å². The average Bonchev–Trinajstić information content (AvgIpc) is 2.95.